The fourth-order valence-corrected chi connectivity index (χ4v) is 6.33. The third-order valence-corrected chi connectivity index (χ3v) is 10.8. The third kappa shape index (κ3) is 14.0. The monoisotopic (exact) mass is 1090 g/mol. The summed E-state index contributed by atoms with van der Waals surface area (Å²) in [6.45, 7) is 0. The molecule has 0 spiro atoms. The van der Waals surface area contributed by atoms with E-state index in [0.29, 0.717) is 45.9 Å². The first-order valence-corrected chi connectivity index (χ1v) is 23.9. The predicted octanol–water partition coefficient (Wildman–Crippen LogP) is -1.46. The maximum absolute atomic E-state index is 9.22. The molecule has 0 saturated heterocycles. The van der Waals surface area contributed by atoms with Crippen LogP contribution >= 0.6 is 0 Å². The summed E-state index contributed by atoms with van der Waals surface area (Å²) in [6.07, 6.45) is 7.99. The Morgan fingerprint density at radius 1 is 0.420 bits per heavy atom. The number of fused-ring (bicyclic) bond motifs is 20. The summed E-state index contributed by atoms with van der Waals surface area (Å²) >= 11 is 0. The Hall–Kier alpha value is -6.04. The Balaban J connectivity index is 0.000000345. The molecular formula is C36H38CuN12O16S4. The van der Waals surface area contributed by atoms with E-state index in [1.165, 1.54) is 0 Å². The molecule has 2 aliphatic heterocycles. The molecule has 2 aliphatic rings. The smallest absolute Gasteiger partial charge is 0.261 e. The Kier molecular flexibility index (Phi) is 17.8. The minimum Gasteiger partial charge on any atom is -0.726 e. The second-order valence-electron chi connectivity index (χ2n) is 13.4. The molecule has 69 heavy (non-hydrogen) atoms. The van der Waals surface area contributed by atoms with Crippen molar-refractivity contribution < 1.29 is 104 Å². The zero-order chi connectivity index (χ0) is 50.5. The first-order chi connectivity index (χ1) is 31.7. The number of rotatable bonds is 4. The molecule has 0 aromatic carbocycles. The Bertz CT molecular complexity index is 3410. The van der Waals surface area contributed by atoms with Crippen LogP contribution in [0.5, 0.6) is 0 Å². The van der Waals surface area contributed by atoms with Gasteiger partial charge in [-0.25, -0.2) is 63.6 Å². The van der Waals surface area contributed by atoms with E-state index in [1.807, 2.05) is 120 Å². The summed E-state index contributed by atoms with van der Waals surface area (Å²) in [5.74, 6) is 2.26. The van der Waals surface area contributed by atoms with Gasteiger partial charge in [0.2, 0.25) is 64.5 Å². The van der Waals surface area contributed by atoms with Gasteiger partial charge < -0.3 is 28.2 Å². The van der Waals surface area contributed by atoms with Gasteiger partial charge in [-0.1, -0.05) is 0 Å². The summed E-state index contributed by atoms with van der Waals surface area (Å²) in [4.78, 5) is 37.4. The molecule has 2 N–H and O–H groups in total. The quantitative estimate of drug-likeness (QED) is 0.0880. The van der Waals surface area contributed by atoms with Crippen molar-refractivity contribution in [3.05, 3.63) is 73.3 Å². The second-order valence-corrected chi connectivity index (χ2v) is 18.0. The van der Waals surface area contributed by atoms with Crippen LogP contribution in [0.15, 0.2) is 73.3 Å². The van der Waals surface area contributed by atoms with Gasteiger partial charge in [0.1, 0.15) is 39.5 Å². The normalized spacial score (nSPS) is 11.8. The number of hydrogen-bond acceptors (Lipinski definition) is 22. The number of nitrogens with zero attached hydrogens (tertiary/aromatic N) is 10. The van der Waals surface area contributed by atoms with Gasteiger partial charge in [0, 0.05) is 41.3 Å². The Morgan fingerprint density at radius 2 is 0.681 bits per heavy atom. The summed E-state index contributed by atoms with van der Waals surface area (Å²) in [6, 6.07) is 16.1. The fraction of sp³-hybridized carbons (Fsp3) is 0.222. The summed E-state index contributed by atoms with van der Waals surface area (Å²) in [5.41, 5.74) is 7.96. The van der Waals surface area contributed by atoms with Gasteiger partial charge in [-0.05, 0) is 24.3 Å². The summed E-state index contributed by atoms with van der Waals surface area (Å²) < 4.78 is 132. The van der Waals surface area contributed by atoms with Crippen LogP contribution in [-0.4, -0.2) is 120 Å². The molecule has 7 aromatic heterocycles. The standard InChI is InChI=1S/C32H25N12.4CH4O4S.Cu/c1-41-13-5-9-17-21(41)29-33-25(17)38-30-23-19(11-7-15-43(23)3)27(35-30)40-32-24-20(12-8-16-44(24)4)28(36-32)39-31-22-18(26(34-31)37-29)10-6-14-42(22)2;4*1-5-6(2,3)4;/h5-16H,1-4H3,(H,33,34,35,36,37,38,39,40);4*1H3,(H,2,3,4);/q+3;;;;;/p-3. The van der Waals surface area contributed by atoms with Crippen LogP contribution in [-0.2, 0) is 104 Å². The number of aromatic nitrogens is 12. The minimum atomic E-state index is -4.41. The summed E-state index contributed by atoms with van der Waals surface area (Å²) in [5, 5.41) is 1.84. The van der Waals surface area contributed by atoms with E-state index < -0.39 is 41.6 Å². The van der Waals surface area contributed by atoms with Crippen molar-refractivity contribution in [2.24, 2.45) is 28.2 Å². The maximum Gasteiger partial charge on any atom is 0.261 e. The van der Waals surface area contributed by atoms with E-state index in [0.717, 1.165) is 72.8 Å². The number of nitrogens with one attached hydrogen (secondary N) is 2. The van der Waals surface area contributed by atoms with E-state index in [-0.39, 0.29) is 17.1 Å². The van der Waals surface area contributed by atoms with Crippen molar-refractivity contribution in [3.8, 4) is 45.8 Å². The Morgan fingerprint density at radius 3 is 0.971 bits per heavy atom. The van der Waals surface area contributed by atoms with Crippen LogP contribution in [0.1, 0.15) is 0 Å². The molecule has 7 aromatic rings. The minimum absolute atomic E-state index is 0. The predicted molar refractivity (Wildman–Crippen MR) is 228 cm³/mol. The van der Waals surface area contributed by atoms with Gasteiger partial charge in [-0.2, -0.15) is 18.3 Å². The second kappa shape index (κ2) is 22.1. The van der Waals surface area contributed by atoms with Crippen molar-refractivity contribution in [3.63, 3.8) is 0 Å². The van der Waals surface area contributed by atoms with Gasteiger partial charge in [-0.3, -0.25) is 16.7 Å². The molecule has 9 heterocycles. The number of hydrogen-bond donors (Lipinski definition) is 2. The van der Waals surface area contributed by atoms with E-state index >= 15 is 0 Å². The molecule has 28 nitrogen and oxygen atoms in total. The van der Waals surface area contributed by atoms with Crippen LogP contribution in [0.4, 0.5) is 0 Å². The molecular weight excluding hydrogens is 1050 g/mol. The topological polar surface area (TPSA) is 390 Å². The molecule has 373 valence electrons. The zero-order valence-corrected chi connectivity index (χ0v) is 41.1. The average Bonchev–Trinajstić information content (AvgIpc) is 4.00. The van der Waals surface area contributed by atoms with Gasteiger partial charge in [0.05, 0.1) is 50.3 Å². The number of aryl methyl sites for hydroxylation is 4. The fourth-order valence-electron chi connectivity index (χ4n) is 6.33. The maximum atomic E-state index is 9.22. The van der Waals surface area contributed by atoms with Gasteiger partial charge in [0.25, 0.3) is 22.4 Å². The van der Waals surface area contributed by atoms with Crippen LogP contribution < -0.4 is 18.3 Å². The number of aromatic amines is 2. The summed E-state index contributed by atoms with van der Waals surface area (Å²) in [7, 11) is -6.43. The van der Waals surface area contributed by atoms with E-state index in [2.05, 4.69) is 26.7 Å². The first kappa shape index (κ1) is 55.6. The molecule has 33 heteroatoms. The van der Waals surface area contributed by atoms with Crippen LogP contribution in [0.25, 0.3) is 90.2 Å². The van der Waals surface area contributed by atoms with E-state index in [1.54, 1.807) is 0 Å². The number of H-pyrrole nitrogens is 2. The largest absolute Gasteiger partial charge is 0.726 e. The molecule has 0 saturated carbocycles. The van der Waals surface area contributed by atoms with Gasteiger partial charge >= 0.3 is 0 Å². The van der Waals surface area contributed by atoms with Crippen LogP contribution in [0.3, 0.4) is 0 Å². The number of pyridine rings is 4. The van der Waals surface area contributed by atoms with Crippen molar-refractivity contribution in [2.45, 2.75) is 0 Å². The van der Waals surface area contributed by atoms with Crippen molar-refractivity contribution >= 4 is 86.0 Å². The van der Waals surface area contributed by atoms with Crippen LogP contribution in [0, 0.1) is 0 Å². The van der Waals surface area contributed by atoms with Crippen molar-refractivity contribution in [2.75, 3.05) is 28.4 Å². The van der Waals surface area contributed by atoms with Crippen molar-refractivity contribution in [1.82, 2.24) is 39.9 Å². The molecule has 0 amide bonds. The molecule has 9 rings (SSSR count). The van der Waals surface area contributed by atoms with Crippen molar-refractivity contribution in [1.29, 1.82) is 0 Å². The van der Waals surface area contributed by atoms with Gasteiger partial charge in [0.15, 0.2) is 36.4 Å². The molecule has 0 aliphatic carbocycles. The van der Waals surface area contributed by atoms with Crippen LogP contribution in [0.2, 0.25) is 0 Å². The molecule has 0 unspecified atom stereocenters. The molecule has 0 atom stereocenters. The zero-order valence-electron chi connectivity index (χ0n) is 36.9. The van der Waals surface area contributed by atoms with Gasteiger partial charge in [-0.15, -0.1) is 0 Å². The van der Waals surface area contributed by atoms with E-state index in [4.69, 9.17) is 29.9 Å². The molecule has 1 radical (unpaired) electrons. The molecule has 8 bridgehead atoms. The Labute approximate surface area is 403 Å². The molecule has 0 fully saturated rings. The third-order valence-electron chi connectivity index (χ3n) is 9.17. The van der Waals surface area contributed by atoms with E-state index in [9.17, 15) is 51.9 Å². The first-order valence-electron chi connectivity index (χ1n) is 18.5. The average molecular weight is 1090 g/mol. The SMILES string of the molecule is COS(=O)(=O)[O-].COS(=O)(=O)[O-].COS(=O)(=O)[O-].COS(=O)(=O)[O-].C[n+]1cccc2c1-c1nc-2nc2[nH]c(nc3nc(nc4[nH]c(n1)c1ccc[n+](C)c41)-c1ccc[n+](C)c1-3)c1ccc[n+](C)c21.[Cu].